The molecule has 5 nitrogen and oxygen atoms in total. The molecule has 2 heterocycles. The number of H-pyrrole nitrogens is 1. The first-order chi connectivity index (χ1) is 11.5. The number of nitrogens with zero attached hydrogens (tertiary/aromatic N) is 2. The second-order valence-corrected chi connectivity index (χ2v) is 7.84. The lowest BCUT2D eigenvalue weighted by atomic mass is 10.2. The standard InChI is InChI=1S/C16H15ClN4OS2/c1-9-5-6-11(17)8-12(9)18-15(22)10(2)24-16-19-14(20-21-16)13-4-3-7-23-13/h3-8,10H,1-2H3,(H,18,22)(H,19,20,21). The Labute approximate surface area is 152 Å². The van der Waals surface area contributed by atoms with Gasteiger partial charge in [-0.3, -0.25) is 9.89 Å². The van der Waals surface area contributed by atoms with Gasteiger partial charge < -0.3 is 5.32 Å². The minimum absolute atomic E-state index is 0.118. The fourth-order valence-corrected chi connectivity index (χ4v) is 3.56. The van der Waals surface area contributed by atoms with Crippen molar-refractivity contribution in [2.24, 2.45) is 0 Å². The molecule has 3 aromatic rings. The Kier molecular flexibility index (Phi) is 5.23. The monoisotopic (exact) mass is 378 g/mol. The van der Waals surface area contributed by atoms with E-state index in [-0.39, 0.29) is 11.2 Å². The molecule has 2 aromatic heterocycles. The summed E-state index contributed by atoms with van der Waals surface area (Å²) in [6, 6.07) is 9.34. The highest BCUT2D eigenvalue weighted by molar-refractivity contribution is 8.00. The number of benzene rings is 1. The predicted octanol–water partition coefficient (Wildman–Crippen LogP) is 4.61. The molecule has 0 aliphatic carbocycles. The van der Waals surface area contributed by atoms with Crippen LogP contribution >= 0.6 is 34.7 Å². The number of carbonyl (C=O) groups excluding carboxylic acids is 1. The van der Waals surface area contributed by atoms with Gasteiger partial charge in [0.1, 0.15) is 0 Å². The second-order valence-electron chi connectivity index (χ2n) is 5.15. The largest absolute Gasteiger partial charge is 0.325 e. The van der Waals surface area contributed by atoms with Crippen LogP contribution in [-0.2, 0) is 4.79 Å². The summed E-state index contributed by atoms with van der Waals surface area (Å²) in [6.07, 6.45) is 0. The van der Waals surface area contributed by atoms with E-state index in [4.69, 9.17) is 11.6 Å². The highest BCUT2D eigenvalue weighted by atomic mass is 35.5. The van der Waals surface area contributed by atoms with Crippen LogP contribution in [0.3, 0.4) is 0 Å². The van der Waals surface area contributed by atoms with Crippen LogP contribution in [0.15, 0.2) is 40.9 Å². The molecule has 0 spiro atoms. The molecule has 1 unspecified atom stereocenters. The van der Waals surface area contributed by atoms with Gasteiger partial charge in [0.2, 0.25) is 11.1 Å². The van der Waals surface area contributed by atoms with Crippen molar-refractivity contribution >= 4 is 46.3 Å². The van der Waals surface area contributed by atoms with Gasteiger partial charge in [-0.1, -0.05) is 35.5 Å². The molecule has 124 valence electrons. The summed E-state index contributed by atoms with van der Waals surface area (Å²) < 4.78 is 0. The first-order valence-corrected chi connectivity index (χ1v) is 9.36. The van der Waals surface area contributed by atoms with Crippen molar-refractivity contribution in [3.63, 3.8) is 0 Å². The van der Waals surface area contributed by atoms with E-state index in [0.29, 0.717) is 21.7 Å². The number of nitrogens with one attached hydrogen (secondary N) is 2. The summed E-state index contributed by atoms with van der Waals surface area (Å²) in [4.78, 5) is 17.8. The maximum absolute atomic E-state index is 12.4. The smallest absolute Gasteiger partial charge is 0.237 e. The quantitative estimate of drug-likeness (QED) is 0.636. The summed E-state index contributed by atoms with van der Waals surface area (Å²) in [5, 5.41) is 12.7. The number of hydrogen-bond donors (Lipinski definition) is 2. The van der Waals surface area contributed by atoms with Crippen LogP contribution in [-0.4, -0.2) is 26.3 Å². The second kappa shape index (κ2) is 7.38. The van der Waals surface area contributed by atoms with Gasteiger partial charge in [-0.25, -0.2) is 4.98 Å². The van der Waals surface area contributed by atoms with E-state index in [0.717, 1.165) is 10.4 Å². The number of carbonyl (C=O) groups is 1. The third kappa shape index (κ3) is 3.98. The van der Waals surface area contributed by atoms with Gasteiger partial charge in [0.05, 0.1) is 10.1 Å². The molecular weight excluding hydrogens is 364 g/mol. The normalized spacial score (nSPS) is 12.1. The average Bonchev–Trinajstić information content (AvgIpc) is 3.21. The molecule has 1 amide bonds. The van der Waals surface area contributed by atoms with Crippen molar-refractivity contribution in [1.29, 1.82) is 0 Å². The van der Waals surface area contributed by atoms with Crippen molar-refractivity contribution in [1.82, 2.24) is 15.2 Å². The summed E-state index contributed by atoms with van der Waals surface area (Å²) in [7, 11) is 0. The van der Waals surface area contributed by atoms with Crippen LogP contribution in [0, 0.1) is 6.92 Å². The van der Waals surface area contributed by atoms with Crippen molar-refractivity contribution in [2.45, 2.75) is 24.3 Å². The van der Waals surface area contributed by atoms with Crippen molar-refractivity contribution < 1.29 is 4.79 Å². The fourth-order valence-electron chi connectivity index (χ4n) is 2.00. The number of amides is 1. The van der Waals surface area contributed by atoms with Crippen LogP contribution in [0.1, 0.15) is 12.5 Å². The van der Waals surface area contributed by atoms with Crippen LogP contribution in [0.25, 0.3) is 10.7 Å². The topological polar surface area (TPSA) is 70.7 Å². The first-order valence-electron chi connectivity index (χ1n) is 7.23. The van der Waals surface area contributed by atoms with Crippen LogP contribution in [0.2, 0.25) is 5.02 Å². The molecule has 24 heavy (non-hydrogen) atoms. The van der Waals surface area contributed by atoms with Gasteiger partial charge in [0.15, 0.2) is 5.82 Å². The lowest BCUT2D eigenvalue weighted by Crippen LogP contribution is -2.23. The molecule has 2 N–H and O–H groups in total. The van der Waals surface area contributed by atoms with Crippen molar-refractivity contribution in [2.75, 3.05) is 5.32 Å². The van der Waals surface area contributed by atoms with Gasteiger partial charge >= 0.3 is 0 Å². The van der Waals surface area contributed by atoms with Crippen LogP contribution < -0.4 is 5.32 Å². The zero-order valence-corrected chi connectivity index (χ0v) is 15.4. The Hall–Kier alpha value is -1.83. The molecule has 0 radical (unpaired) electrons. The molecule has 1 atom stereocenters. The predicted molar refractivity (Wildman–Crippen MR) is 99.8 cm³/mol. The molecular formula is C16H15ClN4OS2. The molecule has 0 saturated carbocycles. The number of hydrogen-bond acceptors (Lipinski definition) is 5. The molecule has 0 saturated heterocycles. The Morgan fingerprint density at radius 1 is 1.42 bits per heavy atom. The number of rotatable bonds is 5. The number of halogens is 1. The average molecular weight is 379 g/mol. The van der Waals surface area contributed by atoms with Gasteiger partial charge in [-0.2, -0.15) is 0 Å². The maximum Gasteiger partial charge on any atom is 0.237 e. The van der Waals surface area contributed by atoms with Crippen LogP contribution in [0.5, 0.6) is 0 Å². The van der Waals surface area contributed by atoms with E-state index in [1.54, 1.807) is 23.5 Å². The number of aryl methyl sites for hydroxylation is 1. The Balaban J connectivity index is 1.65. The van der Waals surface area contributed by atoms with Crippen LogP contribution in [0.4, 0.5) is 5.69 Å². The summed E-state index contributed by atoms with van der Waals surface area (Å²) in [5.41, 5.74) is 1.68. The van der Waals surface area contributed by atoms with E-state index in [1.807, 2.05) is 37.4 Å². The molecule has 3 rings (SSSR count). The SMILES string of the molecule is Cc1ccc(Cl)cc1NC(=O)C(C)Sc1n[nH]c(-c2cccs2)n1. The molecule has 0 bridgehead atoms. The molecule has 1 aromatic carbocycles. The third-order valence-corrected chi connectivity index (χ3v) is 5.40. The number of anilines is 1. The van der Waals surface area contributed by atoms with Crippen molar-refractivity contribution in [3.05, 3.63) is 46.3 Å². The molecule has 0 fully saturated rings. The van der Waals surface area contributed by atoms with Gasteiger partial charge in [-0.05, 0) is 43.0 Å². The van der Waals surface area contributed by atoms with E-state index >= 15 is 0 Å². The minimum atomic E-state index is -0.338. The third-order valence-electron chi connectivity index (χ3n) is 3.33. The minimum Gasteiger partial charge on any atom is -0.325 e. The maximum atomic E-state index is 12.4. The van der Waals surface area contributed by atoms with Gasteiger partial charge in [0, 0.05) is 10.7 Å². The fraction of sp³-hybridized carbons (Fsp3) is 0.188. The summed E-state index contributed by atoms with van der Waals surface area (Å²) in [6.45, 7) is 3.74. The Morgan fingerprint density at radius 2 is 2.25 bits per heavy atom. The summed E-state index contributed by atoms with van der Waals surface area (Å²) >= 11 is 8.87. The van der Waals surface area contributed by atoms with E-state index < -0.39 is 0 Å². The first kappa shape index (κ1) is 17.0. The molecule has 0 aliphatic rings. The van der Waals surface area contributed by atoms with E-state index in [9.17, 15) is 4.79 Å². The van der Waals surface area contributed by atoms with Gasteiger partial charge in [-0.15, -0.1) is 16.4 Å². The lowest BCUT2D eigenvalue weighted by Gasteiger charge is -2.12. The highest BCUT2D eigenvalue weighted by Crippen LogP contribution is 2.26. The van der Waals surface area contributed by atoms with Crippen molar-refractivity contribution in [3.8, 4) is 10.7 Å². The highest BCUT2D eigenvalue weighted by Gasteiger charge is 2.18. The number of aromatic nitrogens is 3. The zero-order chi connectivity index (χ0) is 17.1. The summed E-state index contributed by atoms with van der Waals surface area (Å²) in [5.74, 6) is 0.596. The lowest BCUT2D eigenvalue weighted by molar-refractivity contribution is -0.115. The van der Waals surface area contributed by atoms with E-state index in [1.165, 1.54) is 11.8 Å². The van der Waals surface area contributed by atoms with E-state index in [2.05, 4.69) is 20.5 Å². The van der Waals surface area contributed by atoms with Gasteiger partial charge in [0.25, 0.3) is 0 Å². The zero-order valence-electron chi connectivity index (χ0n) is 13.0. The molecule has 8 heteroatoms. The Morgan fingerprint density at radius 3 is 3.00 bits per heavy atom. The Bertz CT molecular complexity index is 848. The molecule has 0 aliphatic heterocycles. The number of thiophene rings is 1. The number of aromatic amines is 1. The number of thioether (sulfide) groups is 1.